The van der Waals surface area contributed by atoms with Gasteiger partial charge >= 0.3 is 5.97 Å². The highest BCUT2D eigenvalue weighted by molar-refractivity contribution is 5.78. The van der Waals surface area contributed by atoms with Crippen LogP contribution in [0.1, 0.15) is 37.4 Å². The van der Waals surface area contributed by atoms with Crippen molar-refractivity contribution in [2.24, 2.45) is 11.8 Å². The first-order valence-corrected chi connectivity index (χ1v) is 9.11. The van der Waals surface area contributed by atoms with Crippen LogP contribution in [0.5, 0.6) is 5.75 Å². The number of hydrogen-bond donors (Lipinski definition) is 2. The maximum absolute atomic E-state index is 12.6. The summed E-state index contributed by atoms with van der Waals surface area (Å²) in [7, 11) is 1.63. The predicted molar refractivity (Wildman–Crippen MR) is 105 cm³/mol. The van der Waals surface area contributed by atoms with Gasteiger partial charge in [-0.3, -0.25) is 9.59 Å². The van der Waals surface area contributed by atoms with E-state index >= 15 is 0 Å². The quantitative estimate of drug-likeness (QED) is 0.704. The lowest BCUT2D eigenvalue weighted by Crippen LogP contribution is -2.36. The number of carbonyl (C=O) groups excluding carboxylic acids is 1. The third-order valence-corrected chi connectivity index (χ3v) is 4.66. The summed E-state index contributed by atoms with van der Waals surface area (Å²) in [6.07, 6.45) is 1.02. The Morgan fingerprint density at radius 2 is 1.67 bits per heavy atom. The summed E-state index contributed by atoms with van der Waals surface area (Å²) in [6.45, 7) is 3.61. The highest BCUT2D eigenvalue weighted by atomic mass is 16.5. The zero-order valence-electron chi connectivity index (χ0n) is 16.0. The maximum atomic E-state index is 12.6. The van der Waals surface area contributed by atoms with E-state index in [4.69, 9.17) is 4.74 Å². The van der Waals surface area contributed by atoms with Gasteiger partial charge in [-0.05, 0) is 36.5 Å². The van der Waals surface area contributed by atoms with Gasteiger partial charge in [0, 0.05) is 6.42 Å². The summed E-state index contributed by atoms with van der Waals surface area (Å²) >= 11 is 0. The van der Waals surface area contributed by atoms with Crippen LogP contribution in [0.25, 0.3) is 0 Å². The van der Waals surface area contributed by atoms with Crippen molar-refractivity contribution in [3.8, 4) is 5.75 Å². The summed E-state index contributed by atoms with van der Waals surface area (Å²) in [4.78, 5) is 24.0. The third kappa shape index (κ3) is 5.84. The number of rotatable bonds is 9. The number of nitrogens with one attached hydrogen (secondary N) is 1. The Morgan fingerprint density at radius 3 is 2.30 bits per heavy atom. The SMILES string of the molecule is COc1ccccc1CC(C)CC(=O)NC(c1ccccc1)C(C)C(=O)O. The number of hydrogen-bond acceptors (Lipinski definition) is 3. The van der Waals surface area contributed by atoms with Crippen molar-refractivity contribution in [3.05, 3.63) is 65.7 Å². The summed E-state index contributed by atoms with van der Waals surface area (Å²) in [5.74, 6) is -0.907. The molecular formula is C22H27NO4. The zero-order chi connectivity index (χ0) is 19.8. The van der Waals surface area contributed by atoms with E-state index in [-0.39, 0.29) is 11.8 Å². The van der Waals surface area contributed by atoms with Crippen LogP contribution >= 0.6 is 0 Å². The first kappa shape index (κ1) is 20.5. The summed E-state index contributed by atoms with van der Waals surface area (Å²) in [6, 6.07) is 16.4. The second kappa shape index (κ2) is 9.76. The molecule has 0 saturated carbocycles. The Bertz CT molecular complexity index is 760. The van der Waals surface area contributed by atoms with Crippen molar-refractivity contribution < 1.29 is 19.4 Å². The van der Waals surface area contributed by atoms with Gasteiger partial charge < -0.3 is 15.2 Å². The number of para-hydroxylation sites is 1. The van der Waals surface area contributed by atoms with Gasteiger partial charge in [0.05, 0.1) is 19.1 Å². The lowest BCUT2D eigenvalue weighted by atomic mass is 9.93. The lowest BCUT2D eigenvalue weighted by molar-refractivity contribution is -0.142. The summed E-state index contributed by atoms with van der Waals surface area (Å²) < 4.78 is 5.37. The van der Waals surface area contributed by atoms with Crippen molar-refractivity contribution in [1.29, 1.82) is 0 Å². The van der Waals surface area contributed by atoms with E-state index in [1.54, 1.807) is 14.0 Å². The molecule has 2 N–H and O–H groups in total. The van der Waals surface area contributed by atoms with Gasteiger partial charge in [-0.25, -0.2) is 0 Å². The largest absolute Gasteiger partial charge is 0.496 e. The molecule has 5 nitrogen and oxygen atoms in total. The van der Waals surface area contributed by atoms with Gasteiger partial charge in [-0.15, -0.1) is 0 Å². The van der Waals surface area contributed by atoms with Crippen molar-refractivity contribution in [2.75, 3.05) is 7.11 Å². The molecule has 2 aromatic carbocycles. The topological polar surface area (TPSA) is 75.6 Å². The molecule has 3 unspecified atom stereocenters. The fourth-order valence-corrected chi connectivity index (χ4v) is 3.17. The second-order valence-corrected chi connectivity index (χ2v) is 6.91. The molecule has 3 atom stereocenters. The Hall–Kier alpha value is -2.82. The molecule has 0 heterocycles. The molecule has 0 aliphatic carbocycles. The van der Waals surface area contributed by atoms with E-state index in [0.29, 0.717) is 12.8 Å². The number of benzene rings is 2. The monoisotopic (exact) mass is 369 g/mol. The molecule has 1 amide bonds. The number of carbonyl (C=O) groups is 2. The summed E-state index contributed by atoms with van der Waals surface area (Å²) in [5.41, 5.74) is 1.84. The van der Waals surface area contributed by atoms with E-state index < -0.39 is 17.9 Å². The Morgan fingerprint density at radius 1 is 1.04 bits per heavy atom. The molecule has 0 saturated heterocycles. The fourth-order valence-electron chi connectivity index (χ4n) is 3.17. The zero-order valence-corrected chi connectivity index (χ0v) is 16.0. The van der Waals surface area contributed by atoms with Gasteiger partial charge in [0.25, 0.3) is 0 Å². The van der Waals surface area contributed by atoms with Crippen molar-refractivity contribution in [1.82, 2.24) is 5.32 Å². The molecule has 0 spiro atoms. The molecule has 0 aliphatic heterocycles. The Balaban J connectivity index is 2.03. The van der Waals surface area contributed by atoms with Crippen LogP contribution < -0.4 is 10.1 Å². The fraction of sp³-hybridized carbons (Fsp3) is 0.364. The molecule has 0 aliphatic rings. The van der Waals surface area contributed by atoms with Crippen LogP contribution in [-0.4, -0.2) is 24.1 Å². The third-order valence-electron chi connectivity index (χ3n) is 4.66. The van der Waals surface area contributed by atoms with Crippen molar-refractivity contribution >= 4 is 11.9 Å². The average molecular weight is 369 g/mol. The minimum Gasteiger partial charge on any atom is -0.496 e. The van der Waals surface area contributed by atoms with Crippen molar-refractivity contribution in [3.63, 3.8) is 0 Å². The van der Waals surface area contributed by atoms with Crippen molar-refractivity contribution in [2.45, 2.75) is 32.7 Å². The van der Waals surface area contributed by atoms with Crippen LogP contribution in [-0.2, 0) is 16.0 Å². The highest BCUT2D eigenvalue weighted by Gasteiger charge is 2.27. The number of amides is 1. The van der Waals surface area contributed by atoms with E-state index in [9.17, 15) is 14.7 Å². The second-order valence-electron chi connectivity index (χ2n) is 6.91. The van der Waals surface area contributed by atoms with Gasteiger partial charge in [0.2, 0.25) is 5.91 Å². The molecule has 0 fully saturated rings. The number of carboxylic acids is 1. The number of methoxy groups -OCH3 is 1. The standard InChI is InChI=1S/C22H27NO4/c1-15(13-18-11-7-8-12-19(18)27-3)14-20(24)23-21(16(2)22(25)26)17-9-5-4-6-10-17/h4-12,15-16,21H,13-14H2,1-3H3,(H,23,24)(H,25,26). The molecule has 144 valence electrons. The maximum Gasteiger partial charge on any atom is 0.308 e. The number of carboxylic acid groups (broad SMARTS) is 1. The van der Waals surface area contributed by atoms with Crippen LogP contribution in [0.15, 0.2) is 54.6 Å². The van der Waals surface area contributed by atoms with Gasteiger partial charge in [-0.1, -0.05) is 55.5 Å². The van der Waals surface area contributed by atoms with Crippen LogP contribution in [0.4, 0.5) is 0 Å². The van der Waals surface area contributed by atoms with Gasteiger partial charge in [-0.2, -0.15) is 0 Å². The summed E-state index contributed by atoms with van der Waals surface area (Å²) in [5, 5.41) is 12.3. The molecule has 5 heteroatoms. The number of ether oxygens (including phenoxy) is 1. The van der Waals surface area contributed by atoms with E-state index in [2.05, 4.69) is 5.32 Å². The van der Waals surface area contributed by atoms with Gasteiger partial charge in [0.15, 0.2) is 0 Å². The Labute approximate surface area is 160 Å². The number of aliphatic carboxylic acids is 1. The minimum atomic E-state index is -0.939. The van der Waals surface area contributed by atoms with E-state index in [0.717, 1.165) is 16.9 Å². The molecule has 27 heavy (non-hydrogen) atoms. The highest BCUT2D eigenvalue weighted by Crippen LogP contribution is 2.24. The average Bonchev–Trinajstić information content (AvgIpc) is 2.66. The molecule has 2 rings (SSSR count). The van der Waals surface area contributed by atoms with Crippen LogP contribution in [0.3, 0.4) is 0 Å². The lowest BCUT2D eigenvalue weighted by Gasteiger charge is -2.24. The molecule has 0 bridgehead atoms. The van der Waals surface area contributed by atoms with E-state index in [1.807, 2.05) is 61.5 Å². The molecular weight excluding hydrogens is 342 g/mol. The Kier molecular flexibility index (Phi) is 7.41. The van der Waals surface area contributed by atoms with Crippen LogP contribution in [0, 0.1) is 11.8 Å². The van der Waals surface area contributed by atoms with Crippen LogP contribution in [0.2, 0.25) is 0 Å². The van der Waals surface area contributed by atoms with Gasteiger partial charge in [0.1, 0.15) is 5.75 Å². The first-order chi connectivity index (χ1) is 12.9. The first-order valence-electron chi connectivity index (χ1n) is 9.11. The normalized spacial score (nSPS) is 14.0. The minimum absolute atomic E-state index is 0.0952. The molecule has 0 aromatic heterocycles. The molecule has 2 aromatic rings. The smallest absolute Gasteiger partial charge is 0.308 e. The molecule has 0 radical (unpaired) electrons. The predicted octanol–water partition coefficient (Wildman–Crippen LogP) is 3.84. The van der Waals surface area contributed by atoms with E-state index in [1.165, 1.54) is 0 Å².